The molecule has 0 bridgehead atoms. The third-order valence-electron chi connectivity index (χ3n) is 5.50. The maximum atomic E-state index is 14.2. The quantitative estimate of drug-likeness (QED) is 0.240. The average molecular weight is 486 g/mol. The van der Waals surface area contributed by atoms with Crippen molar-refractivity contribution < 1.29 is 23.9 Å². The van der Waals surface area contributed by atoms with Gasteiger partial charge in [0.15, 0.2) is 0 Å². The number of nitrogens with zero attached hydrogens (tertiary/aromatic N) is 1. The van der Waals surface area contributed by atoms with Crippen LogP contribution in [0.2, 0.25) is 0 Å². The van der Waals surface area contributed by atoms with Gasteiger partial charge in [0.05, 0.1) is 6.42 Å². The minimum Gasteiger partial charge on any atom is -0.489 e. The zero-order valence-corrected chi connectivity index (χ0v) is 19.3. The van der Waals surface area contributed by atoms with Gasteiger partial charge in [0, 0.05) is 35.1 Å². The third-order valence-corrected chi connectivity index (χ3v) is 5.50. The zero-order chi connectivity index (χ0) is 25.3. The van der Waals surface area contributed by atoms with Crippen LogP contribution in [0, 0.1) is 5.82 Å². The summed E-state index contributed by atoms with van der Waals surface area (Å²) in [5.74, 6) is -0.934. The third kappa shape index (κ3) is 6.52. The molecule has 4 aromatic rings. The van der Waals surface area contributed by atoms with Crippen molar-refractivity contribution >= 4 is 11.8 Å². The molecule has 0 aliphatic heterocycles. The first-order valence-electron chi connectivity index (χ1n) is 11.2. The Balaban J connectivity index is 1.30. The standard InChI is InChI=1S/C28H24FN3O4/c29-26-14-21(28(34)32-35)6-7-23(26)18-36-25-12-9-20(10-13-25)22-8-11-24(30-17-22)15-27(33)31-16-19-4-2-1-3-5-19/h1-14,17,35H,15-16,18H2,(H,31,33)(H,32,34). The molecule has 0 aliphatic carbocycles. The van der Waals surface area contributed by atoms with Crippen LogP contribution in [0.1, 0.15) is 27.2 Å². The largest absolute Gasteiger partial charge is 0.489 e. The SMILES string of the molecule is O=C(Cc1ccc(-c2ccc(OCc3ccc(C(=O)NO)cc3F)cc2)cn1)NCc1ccccc1. The molecular weight excluding hydrogens is 461 g/mol. The number of hydrogen-bond donors (Lipinski definition) is 3. The van der Waals surface area contributed by atoms with Gasteiger partial charge in [0.2, 0.25) is 5.91 Å². The molecule has 0 radical (unpaired) electrons. The maximum absolute atomic E-state index is 14.2. The number of hydroxylamine groups is 1. The lowest BCUT2D eigenvalue weighted by Crippen LogP contribution is -2.24. The maximum Gasteiger partial charge on any atom is 0.274 e. The molecule has 1 heterocycles. The molecule has 0 atom stereocenters. The van der Waals surface area contributed by atoms with Gasteiger partial charge in [0.1, 0.15) is 18.2 Å². The highest BCUT2D eigenvalue weighted by Crippen LogP contribution is 2.23. The van der Waals surface area contributed by atoms with E-state index in [9.17, 15) is 14.0 Å². The van der Waals surface area contributed by atoms with Crippen molar-refractivity contribution in [3.63, 3.8) is 0 Å². The van der Waals surface area contributed by atoms with Crippen molar-refractivity contribution in [3.8, 4) is 16.9 Å². The lowest BCUT2D eigenvalue weighted by atomic mass is 10.1. The average Bonchev–Trinajstić information content (AvgIpc) is 2.92. The van der Waals surface area contributed by atoms with Crippen molar-refractivity contribution in [2.45, 2.75) is 19.6 Å². The summed E-state index contributed by atoms with van der Waals surface area (Å²) in [6, 6.07) is 24.6. The Labute approximate surface area is 207 Å². The number of amides is 2. The fourth-order valence-electron chi connectivity index (χ4n) is 3.50. The summed E-state index contributed by atoms with van der Waals surface area (Å²) in [5.41, 5.74) is 5.27. The number of nitrogens with one attached hydrogen (secondary N) is 2. The number of carbonyl (C=O) groups excluding carboxylic acids is 2. The molecule has 3 aromatic carbocycles. The second kappa shape index (κ2) is 11.7. The van der Waals surface area contributed by atoms with Gasteiger partial charge >= 0.3 is 0 Å². The number of aromatic nitrogens is 1. The summed E-state index contributed by atoms with van der Waals surface area (Å²) in [6.07, 6.45) is 1.91. The zero-order valence-electron chi connectivity index (χ0n) is 19.3. The number of ether oxygens (including phenoxy) is 1. The van der Waals surface area contributed by atoms with Crippen molar-refractivity contribution in [2.24, 2.45) is 0 Å². The number of carbonyl (C=O) groups is 2. The Kier molecular flexibility index (Phi) is 8.00. The molecule has 0 saturated heterocycles. The normalized spacial score (nSPS) is 10.5. The summed E-state index contributed by atoms with van der Waals surface area (Å²) in [5, 5.41) is 11.5. The van der Waals surface area contributed by atoms with E-state index in [-0.39, 0.29) is 30.1 Å². The topological polar surface area (TPSA) is 101 Å². The number of halogens is 1. The minimum atomic E-state index is -0.786. The second-order valence-corrected chi connectivity index (χ2v) is 8.04. The smallest absolute Gasteiger partial charge is 0.274 e. The van der Waals surface area contributed by atoms with Gasteiger partial charge < -0.3 is 10.1 Å². The van der Waals surface area contributed by atoms with Crippen LogP contribution < -0.4 is 15.5 Å². The number of benzene rings is 3. The first kappa shape index (κ1) is 24.6. The highest BCUT2D eigenvalue weighted by molar-refractivity contribution is 5.93. The van der Waals surface area contributed by atoms with Crippen LogP contribution in [0.5, 0.6) is 5.75 Å². The molecule has 7 nitrogen and oxygen atoms in total. The molecule has 8 heteroatoms. The van der Waals surface area contributed by atoms with Crippen LogP contribution in [-0.2, 0) is 24.4 Å². The molecule has 182 valence electrons. The van der Waals surface area contributed by atoms with E-state index >= 15 is 0 Å². The second-order valence-electron chi connectivity index (χ2n) is 8.04. The van der Waals surface area contributed by atoms with Gasteiger partial charge in [-0.25, -0.2) is 9.87 Å². The number of hydrogen-bond acceptors (Lipinski definition) is 5. The summed E-state index contributed by atoms with van der Waals surface area (Å²) in [7, 11) is 0. The Bertz CT molecular complexity index is 1330. The fourth-order valence-corrected chi connectivity index (χ4v) is 3.50. The van der Waals surface area contributed by atoms with Crippen LogP contribution in [0.3, 0.4) is 0 Å². The Morgan fingerprint density at radius 2 is 1.67 bits per heavy atom. The van der Waals surface area contributed by atoms with Gasteiger partial charge in [-0.15, -0.1) is 0 Å². The molecule has 0 saturated carbocycles. The molecule has 1 aromatic heterocycles. The van der Waals surface area contributed by atoms with Crippen LogP contribution in [0.25, 0.3) is 11.1 Å². The van der Waals surface area contributed by atoms with Crippen LogP contribution >= 0.6 is 0 Å². The Morgan fingerprint density at radius 1 is 0.917 bits per heavy atom. The van der Waals surface area contributed by atoms with Crippen LogP contribution in [-0.4, -0.2) is 22.0 Å². The van der Waals surface area contributed by atoms with E-state index in [2.05, 4.69) is 10.3 Å². The molecule has 4 rings (SSSR count). The van der Waals surface area contributed by atoms with Crippen molar-refractivity contribution in [3.05, 3.63) is 119 Å². The highest BCUT2D eigenvalue weighted by atomic mass is 19.1. The number of rotatable bonds is 9. The van der Waals surface area contributed by atoms with Crippen LogP contribution in [0.4, 0.5) is 4.39 Å². The van der Waals surface area contributed by atoms with Crippen molar-refractivity contribution in [2.75, 3.05) is 0 Å². The summed E-state index contributed by atoms with van der Waals surface area (Å²) >= 11 is 0. The molecule has 0 fully saturated rings. The van der Waals surface area contributed by atoms with E-state index in [1.54, 1.807) is 18.3 Å². The van der Waals surface area contributed by atoms with Crippen LogP contribution in [0.15, 0.2) is 91.1 Å². The molecular formula is C28H24FN3O4. The predicted octanol–water partition coefficient (Wildman–Crippen LogP) is 4.44. The minimum absolute atomic E-state index is 0.00976. The molecule has 0 aliphatic rings. The van der Waals surface area contributed by atoms with Gasteiger partial charge in [-0.05, 0) is 41.5 Å². The van der Waals surface area contributed by atoms with E-state index < -0.39 is 11.7 Å². The molecule has 0 unspecified atom stereocenters. The lowest BCUT2D eigenvalue weighted by molar-refractivity contribution is -0.120. The molecule has 36 heavy (non-hydrogen) atoms. The van der Waals surface area contributed by atoms with Gasteiger partial charge in [-0.3, -0.25) is 19.8 Å². The summed E-state index contributed by atoms with van der Waals surface area (Å²) in [6.45, 7) is 0.458. The first-order chi connectivity index (χ1) is 17.5. The Hall–Kier alpha value is -4.56. The molecule has 3 N–H and O–H groups in total. The van der Waals surface area contributed by atoms with E-state index in [4.69, 9.17) is 9.94 Å². The van der Waals surface area contributed by atoms with E-state index in [0.29, 0.717) is 18.0 Å². The van der Waals surface area contributed by atoms with Gasteiger partial charge in [-0.1, -0.05) is 54.6 Å². The number of pyridine rings is 1. The van der Waals surface area contributed by atoms with Crippen molar-refractivity contribution in [1.29, 1.82) is 0 Å². The van der Waals surface area contributed by atoms with E-state index in [1.807, 2.05) is 54.6 Å². The predicted molar refractivity (Wildman–Crippen MR) is 132 cm³/mol. The first-order valence-corrected chi connectivity index (χ1v) is 11.2. The monoisotopic (exact) mass is 485 g/mol. The highest BCUT2D eigenvalue weighted by Gasteiger charge is 2.10. The Morgan fingerprint density at radius 3 is 2.33 bits per heavy atom. The van der Waals surface area contributed by atoms with Gasteiger partial charge in [-0.2, -0.15) is 0 Å². The van der Waals surface area contributed by atoms with Crippen molar-refractivity contribution in [1.82, 2.24) is 15.8 Å². The summed E-state index contributed by atoms with van der Waals surface area (Å²) < 4.78 is 19.9. The fraction of sp³-hybridized carbons (Fsp3) is 0.107. The molecule has 0 spiro atoms. The molecule has 2 amide bonds. The lowest BCUT2D eigenvalue weighted by Gasteiger charge is -2.09. The van der Waals surface area contributed by atoms with E-state index in [0.717, 1.165) is 22.8 Å². The summed E-state index contributed by atoms with van der Waals surface area (Å²) in [4.78, 5) is 28.0. The van der Waals surface area contributed by atoms with Gasteiger partial charge in [0.25, 0.3) is 5.91 Å². The van der Waals surface area contributed by atoms with E-state index in [1.165, 1.54) is 17.6 Å².